The molecule has 9 heteroatoms. The molecule has 1 aliphatic heterocycles. The van der Waals surface area contributed by atoms with Crippen LogP contribution in [0.5, 0.6) is 0 Å². The third-order valence-corrected chi connectivity index (χ3v) is 8.33. The van der Waals surface area contributed by atoms with Crippen molar-refractivity contribution in [2.75, 3.05) is 12.0 Å². The number of amides is 2. The van der Waals surface area contributed by atoms with Crippen LogP contribution >= 0.6 is 11.6 Å². The Labute approximate surface area is 209 Å². The second kappa shape index (κ2) is 9.36. The fourth-order valence-corrected chi connectivity index (χ4v) is 6.31. The average molecular weight is 513 g/mol. The van der Waals surface area contributed by atoms with Crippen LogP contribution in [0.2, 0.25) is 5.02 Å². The summed E-state index contributed by atoms with van der Waals surface area (Å²) in [6.45, 7) is 3.57. The molecule has 182 valence electrons. The lowest BCUT2D eigenvalue weighted by Gasteiger charge is -2.38. The molecule has 0 aliphatic carbocycles. The van der Waals surface area contributed by atoms with Crippen LogP contribution in [0.15, 0.2) is 83.8 Å². The van der Waals surface area contributed by atoms with E-state index in [1.54, 1.807) is 73.7 Å². The van der Waals surface area contributed by atoms with Crippen molar-refractivity contribution >= 4 is 39.3 Å². The molecule has 1 aliphatic rings. The van der Waals surface area contributed by atoms with Crippen molar-refractivity contribution in [2.45, 2.75) is 36.7 Å². The predicted molar refractivity (Wildman–Crippen MR) is 134 cm³/mol. The van der Waals surface area contributed by atoms with Crippen LogP contribution < -0.4 is 4.90 Å². The second-order valence-corrected chi connectivity index (χ2v) is 10.5. The van der Waals surface area contributed by atoms with Crippen molar-refractivity contribution in [3.63, 3.8) is 0 Å². The summed E-state index contributed by atoms with van der Waals surface area (Å²) in [7, 11) is -3.14. The number of aryl methyl sites for hydroxylation is 1. The van der Waals surface area contributed by atoms with Gasteiger partial charge in [-0.1, -0.05) is 66.6 Å². The van der Waals surface area contributed by atoms with E-state index in [0.717, 1.165) is 9.87 Å². The number of halogens is 1. The molecule has 1 heterocycles. The van der Waals surface area contributed by atoms with Gasteiger partial charge in [0.2, 0.25) is 0 Å². The highest BCUT2D eigenvalue weighted by molar-refractivity contribution is 7.89. The lowest BCUT2D eigenvalue weighted by Crippen LogP contribution is -2.55. The van der Waals surface area contributed by atoms with Gasteiger partial charge in [0.15, 0.2) is 5.54 Å². The Bertz CT molecular complexity index is 1340. The highest BCUT2D eigenvalue weighted by Crippen LogP contribution is 2.50. The van der Waals surface area contributed by atoms with Gasteiger partial charge in [-0.15, -0.1) is 0 Å². The van der Waals surface area contributed by atoms with Gasteiger partial charge >= 0.3 is 12.0 Å². The number of urea groups is 1. The number of methoxy groups -OCH3 is 1. The van der Waals surface area contributed by atoms with E-state index in [1.807, 2.05) is 6.92 Å². The van der Waals surface area contributed by atoms with Gasteiger partial charge in [0.1, 0.15) is 6.04 Å². The molecule has 1 fully saturated rings. The Kier molecular flexibility index (Phi) is 6.62. The summed E-state index contributed by atoms with van der Waals surface area (Å²) in [5.41, 5.74) is 0.0182. The van der Waals surface area contributed by atoms with Gasteiger partial charge in [-0.05, 0) is 55.3 Å². The molecule has 1 saturated heterocycles. The van der Waals surface area contributed by atoms with Gasteiger partial charge in [0.25, 0.3) is 10.0 Å². The molecule has 3 aromatic carbocycles. The van der Waals surface area contributed by atoms with Crippen molar-refractivity contribution in [3.8, 4) is 0 Å². The maximum Gasteiger partial charge on any atom is 0.340 e. The lowest BCUT2D eigenvalue weighted by atomic mass is 9.82. The molecular weight excluding hydrogens is 488 g/mol. The number of nitrogens with zero attached hydrogens (tertiary/aromatic N) is 2. The molecule has 2 atom stereocenters. The molecule has 2 amide bonds. The summed E-state index contributed by atoms with van der Waals surface area (Å²) in [5.74, 6) is -0.723. The molecule has 35 heavy (non-hydrogen) atoms. The Balaban J connectivity index is 2.04. The normalized spacial score (nSPS) is 20.2. The van der Waals surface area contributed by atoms with Crippen LogP contribution in [0.4, 0.5) is 10.5 Å². The molecule has 0 aromatic heterocycles. The third-order valence-electron chi connectivity index (χ3n) is 6.32. The van der Waals surface area contributed by atoms with E-state index in [4.69, 9.17) is 16.3 Å². The van der Waals surface area contributed by atoms with Gasteiger partial charge < -0.3 is 4.74 Å². The summed E-state index contributed by atoms with van der Waals surface area (Å²) in [5, 5.41) is 0.435. The second-order valence-electron chi connectivity index (χ2n) is 8.29. The number of hydrogen-bond donors (Lipinski definition) is 0. The molecule has 7 nitrogen and oxygen atoms in total. The first-order valence-electron chi connectivity index (χ1n) is 11.0. The van der Waals surface area contributed by atoms with Crippen molar-refractivity contribution in [3.05, 3.63) is 95.0 Å². The van der Waals surface area contributed by atoms with Gasteiger partial charge in [-0.3, -0.25) is 4.90 Å². The van der Waals surface area contributed by atoms with Gasteiger partial charge in [-0.2, -0.15) is 0 Å². The predicted octanol–water partition coefficient (Wildman–Crippen LogP) is 5.34. The SMILES string of the molecule is CCC1(C(=O)OC)C(c2ccccc2)N(S(=O)(=O)c2ccc(C)cc2)C(=O)N1c1ccc(Cl)cc1. The Morgan fingerprint density at radius 1 is 1.00 bits per heavy atom. The summed E-state index contributed by atoms with van der Waals surface area (Å²) in [6, 6.07) is 19.2. The van der Waals surface area contributed by atoms with Crippen LogP contribution in [0, 0.1) is 6.92 Å². The number of benzene rings is 3. The highest BCUT2D eigenvalue weighted by Gasteiger charge is 2.65. The van der Waals surface area contributed by atoms with Gasteiger partial charge in [0, 0.05) is 10.7 Å². The molecule has 2 unspecified atom stereocenters. The Hall–Kier alpha value is -3.36. The molecule has 0 radical (unpaired) electrons. The van der Waals surface area contributed by atoms with Crippen LogP contribution in [0.1, 0.15) is 30.5 Å². The zero-order chi connectivity index (χ0) is 25.4. The molecule has 4 rings (SSSR count). The van der Waals surface area contributed by atoms with Crippen LogP contribution in [-0.2, 0) is 19.6 Å². The number of esters is 1. The number of carbonyl (C=O) groups excluding carboxylic acids is 2. The van der Waals surface area contributed by atoms with E-state index in [-0.39, 0.29) is 11.3 Å². The number of sulfonamides is 1. The quantitative estimate of drug-likeness (QED) is 0.416. The van der Waals surface area contributed by atoms with E-state index in [2.05, 4.69) is 0 Å². The minimum atomic E-state index is -4.37. The monoisotopic (exact) mass is 512 g/mol. The fraction of sp³-hybridized carbons (Fsp3) is 0.231. The topological polar surface area (TPSA) is 84.0 Å². The first kappa shape index (κ1) is 24.8. The lowest BCUT2D eigenvalue weighted by molar-refractivity contribution is -0.148. The van der Waals surface area contributed by atoms with Crippen molar-refractivity contribution in [1.82, 2.24) is 4.31 Å². The van der Waals surface area contributed by atoms with Crippen molar-refractivity contribution < 1.29 is 22.7 Å². The van der Waals surface area contributed by atoms with Gasteiger partial charge in [-0.25, -0.2) is 22.3 Å². The molecule has 0 bridgehead atoms. The standard InChI is InChI=1S/C26H25ClN2O5S/c1-4-26(24(30)34-3)23(19-8-6-5-7-9-19)29(35(32,33)22-16-10-18(2)11-17-22)25(31)28(26)21-14-12-20(27)13-15-21/h5-17,23H,4H2,1-3H3. The molecule has 0 spiro atoms. The zero-order valence-corrected chi connectivity index (χ0v) is 21.1. The minimum absolute atomic E-state index is 0.0507. The Morgan fingerprint density at radius 2 is 1.60 bits per heavy atom. The average Bonchev–Trinajstić information content (AvgIpc) is 3.14. The van der Waals surface area contributed by atoms with Crippen LogP contribution in [0.25, 0.3) is 0 Å². The zero-order valence-electron chi connectivity index (χ0n) is 19.5. The number of anilines is 1. The van der Waals surface area contributed by atoms with E-state index < -0.39 is 33.6 Å². The first-order valence-corrected chi connectivity index (χ1v) is 12.8. The van der Waals surface area contributed by atoms with E-state index in [1.165, 1.54) is 24.1 Å². The maximum atomic E-state index is 14.1. The molecule has 3 aromatic rings. The van der Waals surface area contributed by atoms with Crippen molar-refractivity contribution in [2.24, 2.45) is 0 Å². The molecule has 0 N–H and O–H groups in total. The van der Waals surface area contributed by atoms with E-state index in [0.29, 0.717) is 16.3 Å². The summed E-state index contributed by atoms with van der Waals surface area (Å²) in [6.07, 6.45) is 0.0908. The summed E-state index contributed by atoms with van der Waals surface area (Å²) >= 11 is 6.07. The number of rotatable bonds is 6. The molecule has 0 saturated carbocycles. The third kappa shape index (κ3) is 3.96. The Morgan fingerprint density at radius 3 is 2.14 bits per heavy atom. The van der Waals surface area contributed by atoms with E-state index in [9.17, 15) is 18.0 Å². The maximum absolute atomic E-state index is 14.1. The van der Waals surface area contributed by atoms with Crippen LogP contribution in [0.3, 0.4) is 0 Å². The largest absolute Gasteiger partial charge is 0.467 e. The molecular formula is C26H25ClN2O5S. The van der Waals surface area contributed by atoms with Crippen LogP contribution in [-0.4, -0.2) is 37.4 Å². The summed E-state index contributed by atoms with van der Waals surface area (Å²) < 4.78 is 34.0. The van der Waals surface area contributed by atoms with Gasteiger partial charge in [0.05, 0.1) is 12.0 Å². The number of carbonyl (C=O) groups is 2. The smallest absolute Gasteiger partial charge is 0.340 e. The fourth-order valence-electron chi connectivity index (χ4n) is 4.61. The minimum Gasteiger partial charge on any atom is -0.467 e. The van der Waals surface area contributed by atoms with E-state index >= 15 is 0 Å². The first-order chi connectivity index (χ1) is 16.7. The summed E-state index contributed by atoms with van der Waals surface area (Å²) in [4.78, 5) is 28.8. The number of ether oxygens (including phenoxy) is 1. The highest BCUT2D eigenvalue weighted by atomic mass is 35.5. The van der Waals surface area contributed by atoms with Crippen molar-refractivity contribution in [1.29, 1.82) is 0 Å². The number of hydrogen-bond acceptors (Lipinski definition) is 5.